The molecule has 20 heavy (non-hydrogen) atoms. The molecule has 0 saturated heterocycles. The fourth-order valence-corrected chi connectivity index (χ4v) is 2.45. The van der Waals surface area contributed by atoms with Crippen LogP contribution in [0.5, 0.6) is 0 Å². The lowest BCUT2D eigenvalue weighted by Gasteiger charge is -2.07. The Morgan fingerprint density at radius 1 is 1.35 bits per heavy atom. The average molecular weight is 293 g/mol. The number of hydrogen-bond acceptors (Lipinski definition) is 6. The molecular formula is C13H19N5OS. The molecule has 2 N–H and O–H groups in total. The van der Waals surface area contributed by atoms with Gasteiger partial charge in [0.05, 0.1) is 11.3 Å². The molecule has 0 saturated carbocycles. The molecule has 7 heteroatoms. The Morgan fingerprint density at radius 3 is 2.75 bits per heavy atom. The van der Waals surface area contributed by atoms with E-state index in [9.17, 15) is 4.79 Å². The van der Waals surface area contributed by atoms with Gasteiger partial charge in [0.25, 0.3) is 5.56 Å². The second kappa shape index (κ2) is 6.13. The van der Waals surface area contributed by atoms with E-state index < -0.39 is 0 Å². The minimum atomic E-state index is -0.236. The summed E-state index contributed by atoms with van der Waals surface area (Å²) in [6, 6.07) is 2.12. The van der Waals surface area contributed by atoms with Crippen molar-refractivity contribution in [2.24, 2.45) is 0 Å². The molecule has 2 rings (SSSR count). The molecule has 0 amide bonds. The molecule has 1 atom stereocenters. The van der Waals surface area contributed by atoms with Crippen molar-refractivity contribution in [3.8, 4) is 10.6 Å². The fourth-order valence-electron chi connectivity index (χ4n) is 1.58. The summed E-state index contributed by atoms with van der Waals surface area (Å²) in [5, 5.41) is 19.3. The molecule has 108 valence electrons. The summed E-state index contributed by atoms with van der Waals surface area (Å²) in [4.78, 5) is 11.9. The zero-order valence-electron chi connectivity index (χ0n) is 12.1. The van der Waals surface area contributed by atoms with Crippen molar-refractivity contribution in [3.63, 3.8) is 0 Å². The first-order valence-corrected chi connectivity index (χ1v) is 7.53. The molecular weight excluding hydrogens is 274 g/mol. The van der Waals surface area contributed by atoms with Crippen molar-refractivity contribution in [2.75, 3.05) is 5.32 Å². The van der Waals surface area contributed by atoms with Gasteiger partial charge in [-0.1, -0.05) is 32.1 Å². The van der Waals surface area contributed by atoms with Crippen molar-refractivity contribution < 1.29 is 0 Å². The van der Waals surface area contributed by atoms with Crippen LogP contribution in [-0.4, -0.2) is 26.4 Å². The molecule has 1 unspecified atom stereocenters. The first-order valence-electron chi connectivity index (χ1n) is 6.71. The fraction of sp³-hybridized carbons (Fsp3) is 0.538. The van der Waals surface area contributed by atoms with Crippen molar-refractivity contribution in [1.82, 2.24) is 20.4 Å². The summed E-state index contributed by atoms with van der Waals surface area (Å²) < 4.78 is 0. The number of rotatable bonds is 5. The average Bonchev–Trinajstić information content (AvgIpc) is 2.87. The van der Waals surface area contributed by atoms with Gasteiger partial charge in [0.2, 0.25) is 5.13 Å². The lowest BCUT2D eigenvalue weighted by molar-refractivity contribution is 0.760. The molecule has 0 aliphatic carbocycles. The Hall–Kier alpha value is -1.76. The number of nitrogens with one attached hydrogen (secondary N) is 2. The Morgan fingerprint density at radius 2 is 2.10 bits per heavy atom. The summed E-state index contributed by atoms with van der Waals surface area (Å²) in [6.45, 7) is 8.24. The Balaban J connectivity index is 2.32. The highest BCUT2D eigenvalue weighted by molar-refractivity contribution is 7.18. The molecule has 2 heterocycles. The van der Waals surface area contributed by atoms with Gasteiger partial charge in [-0.3, -0.25) is 4.79 Å². The second-order valence-corrected chi connectivity index (χ2v) is 6.03. The zero-order valence-corrected chi connectivity index (χ0v) is 12.9. The Bertz CT molecular complexity index is 634. The van der Waals surface area contributed by atoms with Crippen LogP contribution in [0.4, 0.5) is 5.13 Å². The van der Waals surface area contributed by atoms with Crippen molar-refractivity contribution in [2.45, 2.75) is 46.1 Å². The molecule has 0 aliphatic heterocycles. The highest BCUT2D eigenvalue weighted by atomic mass is 32.1. The highest BCUT2D eigenvalue weighted by Crippen LogP contribution is 2.25. The van der Waals surface area contributed by atoms with Gasteiger partial charge in [-0.2, -0.15) is 5.10 Å². The van der Waals surface area contributed by atoms with Gasteiger partial charge in [-0.05, 0) is 25.3 Å². The molecule has 0 aliphatic rings. The monoisotopic (exact) mass is 293 g/mol. The SMILES string of the molecule is CCC(C)Nc1nnc(-c2cc(C(C)C)n[nH]c2=O)s1. The first-order chi connectivity index (χ1) is 9.51. The molecule has 0 bridgehead atoms. The van der Waals surface area contributed by atoms with Crippen LogP contribution in [0.1, 0.15) is 45.7 Å². The summed E-state index contributed by atoms with van der Waals surface area (Å²) in [5.41, 5.74) is 1.13. The smallest absolute Gasteiger partial charge is 0.274 e. The van der Waals surface area contributed by atoms with Gasteiger partial charge in [-0.25, -0.2) is 5.10 Å². The molecule has 2 aromatic rings. The van der Waals surface area contributed by atoms with E-state index in [1.807, 2.05) is 13.8 Å². The number of aromatic amines is 1. The summed E-state index contributed by atoms with van der Waals surface area (Å²) >= 11 is 1.38. The van der Waals surface area contributed by atoms with E-state index in [4.69, 9.17) is 0 Å². The topological polar surface area (TPSA) is 83.6 Å². The van der Waals surface area contributed by atoms with E-state index in [2.05, 4.69) is 39.6 Å². The van der Waals surface area contributed by atoms with Gasteiger partial charge in [0, 0.05) is 6.04 Å². The van der Waals surface area contributed by atoms with Crippen LogP contribution in [0, 0.1) is 0 Å². The lowest BCUT2D eigenvalue weighted by atomic mass is 10.1. The predicted molar refractivity (Wildman–Crippen MR) is 81.2 cm³/mol. The van der Waals surface area contributed by atoms with Crippen LogP contribution in [-0.2, 0) is 0 Å². The molecule has 0 fully saturated rings. The molecule has 6 nitrogen and oxygen atoms in total. The lowest BCUT2D eigenvalue weighted by Crippen LogP contribution is -2.13. The van der Waals surface area contributed by atoms with E-state index in [1.54, 1.807) is 6.07 Å². The maximum absolute atomic E-state index is 11.9. The minimum Gasteiger partial charge on any atom is -0.358 e. The van der Waals surface area contributed by atoms with Crippen LogP contribution < -0.4 is 10.9 Å². The van der Waals surface area contributed by atoms with E-state index >= 15 is 0 Å². The van der Waals surface area contributed by atoms with E-state index in [0.717, 1.165) is 17.2 Å². The normalized spacial score (nSPS) is 12.7. The second-order valence-electron chi connectivity index (χ2n) is 5.06. The number of hydrogen-bond donors (Lipinski definition) is 2. The molecule has 0 spiro atoms. The van der Waals surface area contributed by atoms with Crippen LogP contribution in [0.25, 0.3) is 10.6 Å². The van der Waals surface area contributed by atoms with Gasteiger partial charge < -0.3 is 5.32 Å². The van der Waals surface area contributed by atoms with Gasteiger partial charge in [-0.15, -0.1) is 10.2 Å². The Labute approximate surface area is 121 Å². The Kier molecular flexibility index (Phi) is 4.49. The van der Waals surface area contributed by atoms with Crippen LogP contribution in [0.2, 0.25) is 0 Å². The summed E-state index contributed by atoms with van der Waals surface area (Å²) in [6.07, 6.45) is 1.00. The van der Waals surface area contributed by atoms with E-state index in [-0.39, 0.29) is 11.5 Å². The molecule has 0 aromatic carbocycles. The largest absolute Gasteiger partial charge is 0.358 e. The van der Waals surface area contributed by atoms with Crippen molar-refractivity contribution >= 4 is 16.5 Å². The maximum Gasteiger partial charge on any atom is 0.274 e. The third-order valence-corrected chi connectivity index (χ3v) is 3.94. The van der Waals surface area contributed by atoms with Crippen molar-refractivity contribution in [1.29, 1.82) is 0 Å². The van der Waals surface area contributed by atoms with Crippen LogP contribution >= 0.6 is 11.3 Å². The van der Waals surface area contributed by atoms with E-state index in [1.165, 1.54) is 11.3 Å². The van der Waals surface area contributed by atoms with Gasteiger partial charge in [0.1, 0.15) is 0 Å². The molecule has 0 radical (unpaired) electrons. The highest BCUT2D eigenvalue weighted by Gasteiger charge is 2.14. The third-order valence-electron chi connectivity index (χ3n) is 3.05. The quantitative estimate of drug-likeness (QED) is 0.885. The minimum absolute atomic E-state index is 0.236. The van der Waals surface area contributed by atoms with E-state index in [0.29, 0.717) is 16.6 Å². The summed E-state index contributed by atoms with van der Waals surface area (Å²) in [5.74, 6) is 0.247. The van der Waals surface area contributed by atoms with Gasteiger partial charge in [0.15, 0.2) is 5.01 Å². The number of nitrogens with zero attached hydrogens (tertiary/aromatic N) is 3. The number of H-pyrrole nitrogens is 1. The first kappa shape index (κ1) is 14.6. The van der Waals surface area contributed by atoms with Crippen LogP contribution in [0.15, 0.2) is 10.9 Å². The standard InChI is InChI=1S/C13H19N5OS/c1-5-8(4)14-13-18-17-12(20-13)9-6-10(7(2)3)15-16-11(9)19/h6-8H,5H2,1-4H3,(H,14,18)(H,16,19). The summed E-state index contributed by atoms with van der Waals surface area (Å²) in [7, 11) is 0. The third kappa shape index (κ3) is 3.22. The van der Waals surface area contributed by atoms with Crippen molar-refractivity contribution in [3.05, 3.63) is 22.1 Å². The van der Waals surface area contributed by atoms with Crippen LogP contribution in [0.3, 0.4) is 0 Å². The number of anilines is 1. The van der Waals surface area contributed by atoms with Gasteiger partial charge >= 0.3 is 0 Å². The number of aromatic nitrogens is 4. The zero-order chi connectivity index (χ0) is 14.7. The predicted octanol–water partition coefficient (Wildman–Crippen LogP) is 2.62. The maximum atomic E-state index is 11.9. The molecule has 2 aromatic heterocycles.